The number of hydrogen-bond donors (Lipinski definition) is 2. The van der Waals surface area contributed by atoms with Crippen molar-refractivity contribution in [1.29, 1.82) is 0 Å². The van der Waals surface area contributed by atoms with Crippen LogP contribution in [0, 0.1) is 0 Å². The molecule has 2 aliphatic heterocycles. The number of fused-ring (bicyclic) bond motifs is 5. The van der Waals surface area contributed by atoms with Crippen molar-refractivity contribution >= 4 is 16.6 Å². The lowest BCUT2D eigenvalue weighted by atomic mass is 9.86. The number of aromatic hydroxyl groups is 1. The summed E-state index contributed by atoms with van der Waals surface area (Å²) in [6.45, 7) is 0.884. The zero-order chi connectivity index (χ0) is 25.7. The summed E-state index contributed by atoms with van der Waals surface area (Å²) in [6.07, 6.45) is 2.97. The van der Waals surface area contributed by atoms with Gasteiger partial charge in [0.15, 0.2) is 41.5 Å². The first kappa shape index (κ1) is 26.1. The van der Waals surface area contributed by atoms with E-state index in [2.05, 4.69) is 4.57 Å². The number of nitrogens with two attached hydrogens (primary N) is 1. The highest BCUT2D eigenvalue weighted by molar-refractivity contribution is 6.00. The van der Waals surface area contributed by atoms with Gasteiger partial charge < -0.3 is 53.8 Å². The summed E-state index contributed by atoms with van der Waals surface area (Å²) in [5, 5.41) is 11.3. The largest absolute Gasteiger partial charge is 1.00 e. The minimum atomic E-state index is -0.909. The monoisotopic (exact) mass is 626 g/mol. The summed E-state index contributed by atoms with van der Waals surface area (Å²) in [4.78, 5) is 13.6. The highest BCUT2D eigenvalue weighted by Gasteiger charge is 2.36. The minimum absolute atomic E-state index is 0. The Hall–Kier alpha value is -3.57. The number of ketones is 1. The number of rotatable bonds is 6. The van der Waals surface area contributed by atoms with Gasteiger partial charge in [-0.1, -0.05) is 12.1 Å². The topological polar surface area (TPSA) is 104 Å². The zero-order valence-corrected chi connectivity index (χ0v) is 23.2. The molecule has 1 atom stereocenters. The molecule has 0 saturated heterocycles. The van der Waals surface area contributed by atoms with Gasteiger partial charge in [0.2, 0.25) is 12.5 Å². The molecule has 9 heteroatoms. The highest BCUT2D eigenvalue weighted by atomic mass is 127. The number of aromatic nitrogens is 1. The van der Waals surface area contributed by atoms with Crippen LogP contribution in [0.15, 0.2) is 54.7 Å². The SMILES string of the molecule is COc1ccc2c(C(N)C(=O)Cc3ccc(O)cc3)c3[n+](cc2c1OC)CCc1cc2c(cc1-3)OCO2.[I-]. The summed E-state index contributed by atoms with van der Waals surface area (Å²) in [7, 11) is 3.20. The molecule has 196 valence electrons. The van der Waals surface area contributed by atoms with E-state index in [4.69, 9.17) is 24.7 Å². The van der Waals surface area contributed by atoms with E-state index in [-0.39, 0.29) is 48.7 Å². The second-order valence-electron chi connectivity index (χ2n) is 9.25. The number of aryl methyl sites for hydroxylation is 2. The maximum Gasteiger partial charge on any atom is 0.231 e. The number of methoxy groups -OCH3 is 2. The van der Waals surface area contributed by atoms with Crippen LogP contribution in [0.4, 0.5) is 0 Å². The van der Waals surface area contributed by atoms with Crippen LogP contribution >= 0.6 is 0 Å². The number of phenols is 1. The molecule has 1 unspecified atom stereocenters. The van der Waals surface area contributed by atoms with Crippen molar-refractivity contribution in [3.05, 3.63) is 71.4 Å². The Kier molecular flexibility index (Phi) is 7.06. The average molecular weight is 626 g/mol. The Morgan fingerprint density at radius 3 is 2.50 bits per heavy atom. The van der Waals surface area contributed by atoms with Crippen LogP contribution in [0.3, 0.4) is 0 Å². The van der Waals surface area contributed by atoms with Gasteiger partial charge in [-0.15, -0.1) is 0 Å². The number of benzene rings is 3. The van der Waals surface area contributed by atoms with Crippen molar-refractivity contribution in [2.45, 2.75) is 25.4 Å². The first-order valence-corrected chi connectivity index (χ1v) is 12.1. The fraction of sp³-hybridized carbons (Fsp3) is 0.241. The van der Waals surface area contributed by atoms with Gasteiger partial charge in [0.1, 0.15) is 5.75 Å². The van der Waals surface area contributed by atoms with Crippen molar-refractivity contribution < 1.29 is 57.4 Å². The molecule has 4 aromatic rings. The van der Waals surface area contributed by atoms with Crippen molar-refractivity contribution in [2.75, 3.05) is 21.0 Å². The summed E-state index contributed by atoms with van der Waals surface area (Å²) < 4.78 is 24.7. The summed E-state index contributed by atoms with van der Waals surface area (Å²) in [5.74, 6) is 2.61. The van der Waals surface area contributed by atoms with Gasteiger partial charge in [0.25, 0.3) is 0 Å². The van der Waals surface area contributed by atoms with E-state index in [1.807, 2.05) is 30.5 Å². The quantitative estimate of drug-likeness (QED) is 0.239. The second kappa shape index (κ2) is 10.3. The van der Waals surface area contributed by atoms with Gasteiger partial charge >= 0.3 is 0 Å². The van der Waals surface area contributed by atoms with E-state index in [1.54, 1.807) is 38.5 Å². The number of phenolic OH excluding ortho intramolecular Hbond substituents is 1. The van der Waals surface area contributed by atoms with E-state index in [1.165, 1.54) is 0 Å². The molecular weight excluding hydrogens is 599 g/mol. The van der Waals surface area contributed by atoms with Crippen LogP contribution in [-0.4, -0.2) is 31.9 Å². The molecule has 1 aromatic heterocycles. The van der Waals surface area contributed by atoms with Crippen LogP contribution in [0.25, 0.3) is 22.0 Å². The molecule has 0 aliphatic carbocycles. The number of carbonyl (C=O) groups excluding carboxylic acids is 1. The standard InChI is InChI=1S/C29H26N2O6.HI/c1-34-23-8-7-19-21(29(23)35-2)14-31-10-9-17-12-24-25(37-15-36-24)13-20(17)28(31)26(19)27(30)22(33)11-16-3-5-18(32)6-4-16;/h3-8,12-14,27H,9-11,15,30H2,1-2H3;1H. The summed E-state index contributed by atoms with van der Waals surface area (Å²) in [6, 6.07) is 13.5. The molecule has 3 aromatic carbocycles. The maximum absolute atomic E-state index is 13.6. The second-order valence-corrected chi connectivity index (χ2v) is 9.25. The summed E-state index contributed by atoms with van der Waals surface area (Å²) >= 11 is 0. The van der Waals surface area contributed by atoms with Gasteiger partial charge in [-0.3, -0.25) is 4.79 Å². The number of Topliss-reactive ketones (excluding diaryl/α,β-unsaturated/α-hetero) is 1. The number of ether oxygens (including phenoxy) is 4. The fourth-order valence-electron chi connectivity index (χ4n) is 5.35. The molecule has 0 fully saturated rings. The molecule has 0 radical (unpaired) electrons. The molecule has 2 aliphatic rings. The lowest BCUT2D eigenvalue weighted by Gasteiger charge is -2.23. The third-order valence-corrected chi connectivity index (χ3v) is 7.15. The van der Waals surface area contributed by atoms with Crippen molar-refractivity contribution in [1.82, 2.24) is 0 Å². The smallest absolute Gasteiger partial charge is 0.231 e. The van der Waals surface area contributed by atoms with Crippen molar-refractivity contribution in [3.8, 4) is 40.0 Å². The van der Waals surface area contributed by atoms with Gasteiger partial charge in [0, 0.05) is 18.2 Å². The molecule has 0 amide bonds. The maximum atomic E-state index is 13.6. The van der Waals surface area contributed by atoms with Crippen LogP contribution in [0.1, 0.15) is 22.7 Å². The zero-order valence-electron chi connectivity index (χ0n) is 21.0. The van der Waals surface area contributed by atoms with Crippen molar-refractivity contribution in [3.63, 3.8) is 0 Å². The molecule has 6 rings (SSSR count). The first-order chi connectivity index (χ1) is 18.0. The van der Waals surface area contributed by atoms with E-state index in [9.17, 15) is 9.90 Å². The van der Waals surface area contributed by atoms with E-state index in [0.717, 1.165) is 50.9 Å². The number of halogens is 1. The molecule has 0 spiro atoms. The predicted molar refractivity (Wildman–Crippen MR) is 136 cm³/mol. The lowest BCUT2D eigenvalue weighted by Crippen LogP contribution is -3.00. The van der Waals surface area contributed by atoms with Crippen LogP contribution in [0.2, 0.25) is 0 Å². The normalized spacial score (nSPS) is 13.8. The number of carbonyl (C=O) groups is 1. The lowest BCUT2D eigenvalue weighted by molar-refractivity contribution is -0.686. The van der Waals surface area contributed by atoms with Crippen LogP contribution in [0.5, 0.6) is 28.7 Å². The minimum Gasteiger partial charge on any atom is -1.00 e. The Morgan fingerprint density at radius 1 is 1.05 bits per heavy atom. The molecule has 3 heterocycles. The number of hydrogen-bond acceptors (Lipinski definition) is 7. The summed E-state index contributed by atoms with van der Waals surface area (Å²) in [5.41, 5.74) is 11.3. The van der Waals surface area contributed by atoms with E-state index < -0.39 is 6.04 Å². The number of nitrogens with zero attached hydrogens (tertiary/aromatic N) is 1. The number of pyridine rings is 1. The van der Waals surface area contributed by atoms with Gasteiger partial charge in [-0.2, -0.15) is 4.57 Å². The average Bonchev–Trinajstić information content (AvgIpc) is 3.38. The van der Waals surface area contributed by atoms with E-state index >= 15 is 0 Å². The Labute approximate surface area is 236 Å². The molecule has 0 saturated carbocycles. The van der Waals surface area contributed by atoms with Crippen LogP contribution < -0.4 is 53.2 Å². The van der Waals surface area contributed by atoms with E-state index in [0.29, 0.717) is 23.8 Å². The highest BCUT2D eigenvalue weighted by Crippen LogP contribution is 2.45. The van der Waals surface area contributed by atoms with Gasteiger partial charge in [0.05, 0.1) is 36.8 Å². The molecule has 38 heavy (non-hydrogen) atoms. The molecular formula is C29H27IN2O6. The van der Waals surface area contributed by atoms with Crippen molar-refractivity contribution in [2.24, 2.45) is 5.73 Å². The molecule has 0 bridgehead atoms. The molecule has 3 N–H and O–H groups in total. The Balaban J connectivity index is 0.00000294. The van der Waals surface area contributed by atoms with Crippen LogP contribution in [-0.2, 0) is 24.2 Å². The fourth-order valence-corrected chi connectivity index (χ4v) is 5.35. The molecule has 8 nitrogen and oxygen atoms in total. The van der Waals surface area contributed by atoms with Gasteiger partial charge in [-0.05, 0) is 47.5 Å². The Morgan fingerprint density at radius 2 is 1.79 bits per heavy atom. The predicted octanol–water partition coefficient (Wildman–Crippen LogP) is 0.618. The van der Waals surface area contributed by atoms with Gasteiger partial charge in [-0.25, -0.2) is 0 Å². The third-order valence-electron chi connectivity index (χ3n) is 7.15. The third kappa shape index (κ3) is 4.29. The first-order valence-electron chi connectivity index (χ1n) is 12.1. The Bertz CT molecular complexity index is 1550.